The highest BCUT2D eigenvalue weighted by atomic mass is 19.4. The number of hydrogen-bond donors (Lipinski definition) is 0. The number of carbonyl (C=O) groups excluding carboxylic acids is 1. The van der Waals surface area contributed by atoms with Crippen molar-refractivity contribution in [2.75, 3.05) is 0 Å². The van der Waals surface area contributed by atoms with Crippen LogP contribution in [0.3, 0.4) is 0 Å². The molecule has 25 heavy (non-hydrogen) atoms. The molecule has 0 aliphatic carbocycles. The monoisotopic (exact) mass is 400 g/mol. The molecule has 0 heterocycles. The Kier molecular flexibility index (Phi) is 6.84. The summed E-state index contributed by atoms with van der Waals surface area (Å²) in [5.41, 5.74) is -3.70. The van der Waals surface area contributed by atoms with Crippen molar-refractivity contribution in [3.8, 4) is 0 Å². The van der Waals surface area contributed by atoms with Gasteiger partial charge in [-0.05, 0) is 6.42 Å². The van der Waals surface area contributed by atoms with Gasteiger partial charge in [0.1, 0.15) is 0 Å². The number of halogens is 12. The van der Waals surface area contributed by atoms with Crippen molar-refractivity contribution in [3.63, 3.8) is 0 Å². The Morgan fingerprint density at radius 2 is 1.40 bits per heavy atom. The molecule has 0 aromatic heterocycles. The first-order valence-electron chi connectivity index (χ1n) is 6.06. The van der Waals surface area contributed by atoms with Crippen LogP contribution in [0.1, 0.15) is 19.8 Å². The molecule has 0 saturated carbocycles. The van der Waals surface area contributed by atoms with Crippen molar-refractivity contribution < 1.29 is 62.2 Å². The summed E-state index contributed by atoms with van der Waals surface area (Å²) in [4.78, 5) is 10.7. The normalized spacial score (nSPS) is 14.9. The average Bonchev–Trinajstić information content (AvgIpc) is 2.35. The summed E-state index contributed by atoms with van der Waals surface area (Å²) >= 11 is 0. The Balaban J connectivity index is 5.77. The molecule has 0 bridgehead atoms. The molecule has 0 spiro atoms. The third kappa shape index (κ3) is 4.71. The van der Waals surface area contributed by atoms with E-state index in [-0.39, 0.29) is 0 Å². The lowest BCUT2D eigenvalue weighted by Gasteiger charge is -2.33. The van der Waals surface area contributed by atoms with Crippen LogP contribution < -0.4 is 0 Å². The summed E-state index contributed by atoms with van der Waals surface area (Å²) < 4.78 is 154. The predicted octanol–water partition coefficient (Wildman–Crippen LogP) is 5.24. The van der Waals surface area contributed by atoms with Crippen LogP contribution in [-0.2, 0) is 9.53 Å². The Morgan fingerprint density at radius 1 is 0.960 bits per heavy atom. The van der Waals surface area contributed by atoms with Gasteiger partial charge in [-0.25, -0.2) is 9.18 Å². The fourth-order valence-electron chi connectivity index (χ4n) is 1.36. The first-order chi connectivity index (χ1) is 10.9. The molecule has 1 atom stereocenters. The molecule has 0 aromatic carbocycles. The minimum absolute atomic E-state index is 0.508. The van der Waals surface area contributed by atoms with Gasteiger partial charge < -0.3 is 4.74 Å². The Hall–Kier alpha value is -1.63. The van der Waals surface area contributed by atoms with Gasteiger partial charge in [-0.2, -0.15) is 48.3 Å². The fourth-order valence-corrected chi connectivity index (χ4v) is 1.36. The number of alkyl halides is 10. The minimum atomic E-state index is -6.83. The zero-order valence-electron chi connectivity index (χ0n) is 11.8. The van der Waals surface area contributed by atoms with Gasteiger partial charge in [-0.1, -0.05) is 13.3 Å². The molecular weight excluding hydrogens is 392 g/mol. The number of hydrogen-bond acceptors (Lipinski definition) is 2. The van der Waals surface area contributed by atoms with Crippen molar-refractivity contribution in [3.05, 3.63) is 11.7 Å². The van der Waals surface area contributed by atoms with Crippen LogP contribution in [0.15, 0.2) is 11.7 Å². The number of carbonyl (C=O) groups is 1. The largest absolute Gasteiger partial charge is 0.473 e. The molecule has 148 valence electrons. The second kappa shape index (κ2) is 7.32. The smallest absolute Gasteiger partial charge is 0.392 e. The summed E-state index contributed by atoms with van der Waals surface area (Å²) in [7, 11) is 0. The Labute approximate surface area is 131 Å². The summed E-state index contributed by atoms with van der Waals surface area (Å²) in [6, 6.07) is 0. The summed E-state index contributed by atoms with van der Waals surface area (Å²) in [5, 5.41) is 0. The molecule has 0 aliphatic heterocycles. The predicted molar refractivity (Wildman–Crippen MR) is 56.0 cm³/mol. The summed E-state index contributed by atoms with van der Waals surface area (Å²) in [6.45, 7) is 1.02. The van der Waals surface area contributed by atoms with E-state index in [2.05, 4.69) is 4.74 Å². The lowest BCUT2D eigenvalue weighted by molar-refractivity contribution is -0.393. The second-order valence-corrected chi connectivity index (χ2v) is 4.49. The number of ether oxygens (including phenoxy) is 1. The van der Waals surface area contributed by atoms with E-state index in [0.717, 1.165) is 6.92 Å². The van der Waals surface area contributed by atoms with E-state index in [0.29, 0.717) is 0 Å². The van der Waals surface area contributed by atoms with E-state index in [1.165, 1.54) is 0 Å². The Morgan fingerprint density at radius 3 is 1.72 bits per heavy atom. The van der Waals surface area contributed by atoms with Crippen LogP contribution in [0.4, 0.5) is 52.7 Å². The van der Waals surface area contributed by atoms with Gasteiger partial charge in [-0.15, -0.1) is 0 Å². The lowest BCUT2D eigenvalue weighted by atomic mass is 10.0. The molecule has 0 fully saturated rings. The van der Waals surface area contributed by atoms with Crippen molar-refractivity contribution in [1.29, 1.82) is 0 Å². The highest BCUT2D eigenvalue weighted by Gasteiger charge is 2.77. The molecule has 0 aliphatic rings. The molecule has 2 nitrogen and oxygen atoms in total. The van der Waals surface area contributed by atoms with Crippen molar-refractivity contribution in [2.45, 2.75) is 50.1 Å². The molecule has 0 rings (SSSR count). The van der Waals surface area contributed by atoms with Crippen LogP contribution in [0.5, 0.6) is 0 Å². The third-order valence-corrected chi connectivity index (χ3v) is 2.62. The highest BCUT2D eigenvalue weighted by molar-refractivity contribution is 5.90. The lowest BCUT2D eigenvalue weighted by Crippen LogP contribution is -2.60. The van der Waals surface area contributed by atoms with Crippen LogP contribution in [0.2, 0.25) is 0 Å². The van der Waals surface area contributed by atoms with Crippen molar-refractivity contribution in [2.24, 2.45) is 0 Å². The Bertz CT molecular complexity index is 518. The van der Waals surface area contributed by atoms with Crippen LogP contribution in [0, 0.1) is 0 Å². The second-order valence-electron chi connectivity index (χ2n) is 4.49. The van der Waals surface area contributed by atoms with Crippen LogP contribution >= 0.6 is 0 Å². The topological polar surface area (TPSA) is 26.3 Å². The molecule has 0 radical (unpaired) electrons. The van der Waals surface area contributed by atoms with E-state index in [4.69, 9.17) is 0 Å². The van der Waals surface area contributed by atoms with E-state index in [1.807, 2.05) is 0 Å². The van der Waals surface area contributed by atoms with E-state index >= 15 is 0 Å². The molecular formula is C11H8F12O2. The van der Waals surface area contributed by atoms with E-state index in [9.17, 15) is 57.5 Å². The molecule has 14 heteroatoms. The summed E-state index contributed by atoms with van der Waals surface area (Å²) in [5.74, 6) is -16.7. The number of esters is 1. The molecule has 0 aromatic rings. The van der Waals surface area contributed by atoms with Gasteiger partial charge in [-0.3, -0.25) is 0 Å². The van der Waals surface area contributed by atoms with Gasteiger partial charge >= 0.3 is 30.1 Å². The first kappa shape index (κ1) is 23.4. The van der Waals surface area contributed by atoms with Gasteiger partial charge in [0.2, 0.25) is 5.57 Å². The average molecular weight is 400 g/mol. The van der Waals surface area contributed by atoms with E-state index in [1.54, 1.807) is 0 Å². The summed E-state index contributed by atoms with van der Waals surface area (Å²) in [6.07, 6.45) is -22.7. The van der Waals surface area contributed by atoms with Crippen LogP contribution in [-0.4, -0.2) is 36.3 Å². The SMILES string of the molecule is CCCC(F)C(F)(F)C(F)(F)C(F)(F)OC(=O)C(=C(F)F)C(F)(F)F. The zero-order chi connectivity index (χ0) is 20.4. The molecule has 0 saturated heterocycles. The third-order valence-electron chi connectivity index (χ3n) is 2.62. The van der Waals surface area contributed by atoms with Gasteiger partial charge in [0.05, 0.1) is 0 Å². The van der Waals surface area contributed by atoms with E-state index < -0.39 is 60.8 Å². The highest BCUT2D eigenvalue weighted by Crippen LogP contribution is 2.50. The van der Waals surface area contributed by atoms with Gasteiger partial charge in [0, 0.05) is 0 Å². The van der Waals surface area contributed by atoms with Crippen LogP contribution in [0.25, 0.3) is 0 Å². The zero-order valence-corrected chi connectivity index (χ0v) is 11.8. The maximum Gasteiger partial charge on any atom is 0.473 e. The maximum absolute atomic E-state index is 13.2. The molecule has 1 unspecified atom stereocenters. The molecule has 0 N–H and O–H groups in total. The maximum atomic E-state index is 13.2. The molecule has 0 amide bonds. The minimum Gasteiger partial charge on any atom is -0.392 e. The van der Waals surface area contributed by atoms with Gasteiger partial charge in [0.15, 0.2) is 6.17 Å². The quantitative estimate of drug-likeness (QED) is 0.332. The standard InChI is InChI=1S/C11H8F12O2/c1-2-3-4(12)8(15,16)10(20,21)11(22,23)25-7(24)5(6(13)14)9(17,18)19/h4H,2-3H2,1H3. The van der Waals surface area contributed by atoms with Crippen molar-refractivity contribution >= 4 is 5.97 Å². The number of rotatable bonds is 7. The fraction of sp³-hybridized carbons (Fsp3) is 0.727. The van der Waals surface area contributed by atoms with Gasteiger partial charge in [0.25, 0.3) is 6.08 Å². The van der Waals surface area contributed by atoms with Crippen molar-refractivity contribution in [1.82, 2.24) is 0 Å². The first-order valence-corrected chi connectivity index (χ1v) is 6.06.